The first-order valence-electron chi connectivity index (χ1n) is 16.5. The maximum absolute atomic E-state index is 2.33. The van der Waals surface area contributed by atoms with E-state index in [0.717, 1.165) is 34.9 Å². The van der Waals surface area contributed by atoms with Crippen LogP contribution < -0.4 is 20.2 Å². The normalized spacial score (nSPS) is 13.1. The zero-order valence-corrected chi connectivity index (χ0v) is 27.0. The summed E-state index contributed by atoms with van der Waals surface area (Å²) in [5.41, 5.74) is 13.1. The molecule has 0 spiro atoms. The summed E-state index contributed by atoms with van der Waals surface area (Å²) in [7, 11) is 2.15. The third-order valence-corrected chi connectivity index (χ3v) is 9.24. The van der Waals surface area contributed by atoms with Gasteiger partial charge in [0.05, 0.1) is 0 Å². The minimum atomic E-state index is 0.967. The van der Waals surface area contributed by atoms with Crippen molar-refractivity contribution in [3.05, 3.63) is 198 Å². The number of fused-ring (bicyclic) bond motifs is 3. The second-order valence-corrected chi connectivity index (χ2v) is 12.4. The lowest BCUT2D eigenvalue weighted by Gasteiger charge is -2.27. The Morgan fingerprint density at radius 1 is 0.396 bits per heavy atom. The van der Waals surface area contributed by atoms with Crippen molar-refractivity contribution in [2.24, 2.45) is 0 Å². The smallest absolute Gasteiger partial charge is 0.0463 e. The van der Waals surface area contributed by atoms with Crippen molar-refractivity contribution in [1.82, 2.24) is 0 Å². The average molecular weight is 617 g/mol. The summed E-state index contributed by atoms with van der Waals surface area (Å²) in [5.74, 6) is 0. The highest BCUT2D eigenvalue weighted by molar-refractivity contribution is 5.81. The minimum Gasteiger partial charge on any atom is -0.345 e. The van der Waals surface area contributed by atoms with Crippen LogP contribution >= 0.6 is 0 Å². The van der Waals surface area contributed by atoms with Crippen LogP contribution in [0.3, 0.4) is 0 Å². The molecule has 2 bridgehead atoms. The van der Waals surface area contributed by atoms with Gasteiger partial charge in [-0.05, 0) is 111 Å². The van der Waals surface area contributed by atoms with E-state index in [1.807, 2.05) is 0 Å². The molecular weight excluding hydrogens is 581 g/mol. The summed E-state index contributed by atoms with van der Waals surface area (Å²) in [5, 5.41) is 2.52. The second-order valence-electron chi connectivity index (χ2n) is 12.4. The Balaban J connectivity index is 1.13. The molecule has 0 saturated heterocycles. The molecule has 2 aliphatic rings. The van der Waals surface area contributed by atoms with E-state index in [-0.39, 0.29) is 0 Å². The fourth-order valence-corrected chi connectivity index (χ4v) is 6.63. The molecule has 0 heterocycles. The molecule has 0 N–H and O–H groups in total. The van der Waals surface area contributed by atoms with Crippen LogP contribution in [-0.2, 0) is 0 Å². The van der Waals surface area contributed by atoms with Gasteiger partial charge in [-0.25, -0.2) is 0 Å². The van der Waals surface area contributed by atoms with Crippen LogP contribution in [0.25, 0.3) is 34.4 Å². The Hall–Kier alpha value is -6.12. The Labute approximate surface area is 282 Å². The van der Waals surface area contributed by atoms with Gasteiger partial charge in [-0.1, -0.05) is 127 Å². The molecule has 230 valence electrons. The Kier molecular flexibility index (Phi) is 7.90. The molecule has 8 rings (SSSR count). The van der Waals surface area contributed by atoms with Gasteiger partial charge in [0.25, 0.3) is 0 Å². The lowest BCUT2D eigenvalue weighted by Crippen LogP contribution is -2.25. The first-order valence-corrected chi connectivity index (χ1v) is 16.5. The van der Waals surface area contributed by atoms with Gasteiger partial charge in [0.15, 0.2) is 0 Å². The molecule has 0 saturated carbocycles. The van der Waals surface area contributed by atoms with E-state index < -0.39 is 0 Å². The Bertz CT molecular complexity index is 2190. The zero-order chi connectivity index (χ0) is 32.3. The molecule has 0 atom stereocenters. The van der Waals surface area contributed by atoms with Crippen LogP contribution in [0.1, 0.15) is 6.42 Å². The van der Waals surface area contributed by atoms with E-state index in [2.05, 4.69) is 205 Å². The highest BCUT2D eigenvalue weighted by Gasteiger charge is 2.15. The van der Waals surface area contributed by atoms with Crippen molar-refractivity contribution in [1.29, 1.82) is 0 Å². The van der Waals surface area contributed by atoms with Gasteiger partial charge in [0, 0.05) is 35.5 Å². The standard InChI is InChI=1S/C46H36N2/c1-47(46-25-20-40-31-34-10-8-9-11-35(30-34)32-41(40)33-46)42-26-28-45(29-27-42)48(43-21-16-38(17-22-43)36-12-4-2-5-13-36)44-23-18-39(19-24-44)37-14-6-3-7-15-37/h2-29,31-33H,30H2,1H3. The third-order valence-electron chi connectivity index (χ3n) is 9.24. The number of hydrogen-bond acceptors (Lipinski definition) is 2. The Morgan fingerprint density at radius 3 is 1.33 bits per heavy atom. The number of rotatable bonds is 7. The summed E-state index contributed by atoms with van der Waals surface area (Å²) in [6, 6.07) is 54.5. The van der Waals surface area contributed by atoms with Gasteiger partial charge >= 0.3 is 0 Å². The largest absolute Gasteiger partial charge is 0.345 e. The number of hydrogen-bond donors (Lipinski definition) is 0. The first kappa shape index (κ1) is 29.3. The minimum absolute atomic E-state index is 0.967. The quantitative estimate of drug-likeness (QED) is 0.176. The molecule has 0 unspecified atom stereocenters. The molecule has 2 nitrogen and oxygen atoms in total. The molecule has 0 aromatic heterocycles. The van der Waals surface area contributed by atoms with Crippen LogP contribution in [0.2, 0.25) is 0 Å². The number of nitrogens with zero attached hydrogens (tertiary/aromatic N) is 2. The van der Waals surface area contributed by atoms with E-state index in [1.54, 1.807) is 0 Å². The van der Waals surface area contributed by atoms with Gasteiger partial charge in [-0.15, -0.1) is 0 Å². The highest BCUT2D eigenvalue weighted by atomic mass is 15.1. The van der Waals surface area contributed by atoms with Crippen molar-refractivity contribution in [3.63, 3.8) is 0 Å². The fraction of sp³-hybridized carbons (Fsp3) is 0.0435. The highest BCUT2D eigenvalue weighted by Crippen LogP contribution is 2.38. The van der Waals surface area contributed by atoms with Crippen molar-refractivity contribution >= 4 is 40.6 Å². The lowest BCUT2D eigenvalue weighted by molar-refractivity contribution is 1.20. The van der Waals surface area contributed by atoms with Crippen LogP contribution in [0.4, 0.5) is 28.4 Å². The van der Waals surface area contributed by atoms with Crippen LogP contribution in [-0.4, -0.2) is 7.05 Å². The van der Waals surface area contributed by atoms with Gasteiger partial charge in [0.2, 0.25) is 0 Å². The monoisotopic (exact) mass is 616 g/mol. The topological polar surface area (TPSA) is 6.48 Å². The van der Waals surface area contributed by atoms with E-state index in [9.17, 15) is 0 Å². The molecule has 2 heteroatoms. The molecule has 0 aliphatic heterocycles. The van der Waals surface area contributed by atoms with Crippen molar-refractivity contribution in [2.45, 2.75) is 6.42 Å². The number of allylic oxidation sites excluding steroid dienone is 6. The number of anilines is 5. The molecule has 6 aromatic rings. The van der Waals surface area contributed by atoms with Crippen molar-refractivity contribution in [2.75, 3.05) is 16.8 Å². The average Bonchev–Trinajstić information content (AvgIpc) is 3.49. The van der Waals surface area contributed by atoms with Crippen LogP contribution in [0, 0.1) is 0 Å². The van der Waals surface area contributed by atoms with E-state index in [0.29, 0.717) is 0 Å². The van der Waals surface area contributed by atoms with Gasteiger partial charge in [0.1, 0.15) is 0 Å². The predicted molar refractivity (Wildman–Crippen MR) is 205 cm³/mol. The van der Waals surface area contributed by atoms with E-state index >= 15 is 0 Å². The predicted octanol–water partition coefficient (Wildman–Crippen LogP) is 10.6. The number of benzene rings is 6. The van der Waals surface area contributed by atoms with Gasteiger partial charge in [-0.3, -0.25) is 0 Å². The van der Waals surface area contributed by atoms with E-state index in [4.69, 9.17) is 0 Å². The lowest BCUT2D eigenvalue weighted by atomic mass is 10.0. The zero-order valence-electron chi connectivity index (χ0n) is 27.0. The maximum Gasteiger partial charge on any atom is 0.0463 e. The second kappa shape index (κ2) is 12.9. The van der Waals surface area contributed by atoms with Crippen molar-refractivity contribution in [3.8, 4) is 22.3 Å². The summed E-state index contributed by atoms with van der Waals surface area (Å²) in [6.07, 6.45) is 14.3. The van der Waals surface area contributed by atoms with Gasteiger partial charge < -0.3 is 9.80 Å². The molecular formula is C46H36N2. The molecule has 2 aliphatic carbocycles. The molecule has 0 amide bonds. The molecule has 6 aromatic carbocycles. The third kappa shape index (κ3) is 6.04. The van der Waals surface area contributed by atoms with E-state index in [1.165, 1.54) is 43.8 Å². The van der Waals surface area contributed by atoms with Crippen molar-refractivity contribution < 1.29 is 0 Å². The summed E-state index contributed by atoms with van der Waals surface area (Å²) in [6.45, 7) is 0. The Morgan fingerprint density at radius 2 is 0.812 bits per heavy atom. The first-order chi connectivity index (χ1) is 23.7. The van der Waals surface area contributed by atoms with Crippen LogP contribution in [0.15, 0.2) is 187 Å². The fourth-order valence-electron chi connectivity index (χ4n) is 6.63. The molecule has 0 fully saturated rings. The summed E-state index contributed by atoms with van der Waals surface area (Å²) in [4.78, 5) is 4.60. The summed E-state index contributed by atoms with van der Waals surface area (Å²) >= 11 is 0. The van der Waals surface area contributed by atoms with Crippen LogP contribution in [0.5, 0.6) is 0 Å². The molecule has 48 heavy (non-hydrogen) atoms. The summed E-state index contributed by atoms with van der Waals surface area (Å²) < 4.78 is 0. The maximum atomic E-state index is 2.33. The molecule has 0 radical (unpaired) electrons. The van der Waals surface area contributed by atoms with Gasteiger partial charge in [-0.2, -0.15) is 0 Å². The SMILES string of the molecule is CN(c1ccc(N(c2ccc(-c3ccccc3)cc2)c2ccc(-c3ccccc3)cc2)cc1)c1ccc2c(c1)=CC1=CC=CC=C(C=2)C1.